The van der Waals surface area contributed by atoms with Gasteiger partial charge in [0.2, 0.25) is 5.95 Å². The third-order valence-electron chi connectivity index (χ3n) is 3.57. The third kappa shape index (κ3) is 4.39. The zero-order chi connectivity index (χ0) is 17.8. The molecular formula is C18H15BrN4O2. The molecule has 0 saturated heterocycles. The SMILES string of the molecule is CC(=O)c1ccc(C(=O)Nc2ncn(Cc3ccc(Br)cc3)n2)cc1. The van der Waals surface area contributed by atoms with Gasteiger partial charge in [0.1, 0.15) is 6.33 Å². The lowest BCUT2D eigenvalue weighted by Crippen LogP contribution is -2.13. The molecule has 0 unspecified atom stereocenters. The van der Waals surface area contributed by atoms with Gasteiger partial charge in [-0.05, 0) is 36.8 Å². The molecule has 0 fully saturated rings. The topological polar surface area (TPSA) is 76.9 Å². The van der Waals surface area contributed by atoms with Crippen LogP contribution >= 0.6 is 15.9 Å². The van der Waals surface area contributed by atoms with Crippen molar-refractivity contribution in [1.82, 2.24) is 14.8 Å². The highest BCUT2D eigenvalue weighted by Gasteiger charge is 2.10. The summed E-state index contributed by atoms with van der Waals surface area (Å²) in [5.41, 5.74) is 2.08. The van der Waals surface area contributed by atoms with Gasteiger partial charge in [0.15, 0.2) is 5.78 Å². The minimum Gasteiger partial charge on any atom is -0.295 e. The number of rotatable bonds is 5. The van der Waals surface area contributed by atoms with Crippen molar-refractivity contribution in [3.8, 4) is 0 Å². The molecule has 1 N–H and O–H groups in total. The summed E-state index contributed by atoms with van der Waals surface area (Å²) in [5, 5.41) is 6.89. The zero-order valence-corrected chi connectivity index (χ0v) is 15.0. The zero-order valence-electron chi connectivity index (χ0n) is 13.4. The van der Waals surface area contributed by atoms with Crippen LogP contribution in [0.4, 0.5) is 5.95 Å². The lowest BCUT2D eigenvalue weighted by Gasteiger charge is -2.03. The second-order valence-electron chi connectivity index (χ2n) is 5.48. The molecule has 3 rings (SSSR count). The molecule has 0 aliphatic heterocycles. The van der Waals surface area contributed by atoms with Gasteiger partial charge in [-0.1, -0.05) is 40.2 Å². The van der Waals surface area contributed by atoms with Gasteiger partial charge in [-0.3, -0.25) is 14.9 Å². The number of nitrogens with zero attached hydrogens (tertiary/aromatic N) is 3. The highest BCUT2D eigenvalue weighted by atomic mass is 79.9. The summed E-state index contributed by atoms with van der Waals surface area (Å²) in [7, 11) is 0. The van der Waals surface area contributed by atoms with Gasteiger partial charge in [0.05, 0.1) is 6.54 Å². The molecule has 1 amide bonds. The van der Waals surface area contributed by atoms with Crippen LogP contribution in [0.2, 0.25) is 0 Å². The molecule has 2 aromatic carbocycles. The average Bonchev–Trinajstić information content (AvgIpc) is 3.04. The van der Waals surface area contributed by atoms with E-state index in [0.717, 1.165) is 10.0 Å². The van der Waals surface area contributed by atoms with E-state index in [2.05, 4.69) is 31.3 Å². The normalized spacial score (nSPS) is 10.5. The lowest BCUT2D eigenvalue weighted by atomic mass is 10.1. The van der Waals surface area contributed by atoms with Crippen molar-refractivity contribution in [2.24, 2.45) is 0 Å². The number of anilines is 1. The Labute approximate surface area is 153 Å². The van der Waals surface area contributed by atoms with Crippen LogP contribution in [0, 0.1) is 0 Å². The van der Waals surface area contributed by atoms with Crippen molar-refractivity contribution < 1.29 is 9.59 Å². The first-order chi connectivity index (χ1) is 12.0. The smallest absolute Gasteiger partial charge is 0.258 e. The minimum atomic E-state index is -0.323. The number of carbonyl (C=O) groups is 2. The number of benzene rings is 2. The largest absolute Gasteiger partial charge is 0.295 e. The van der Waals surface area contributed by atoms with E-state index in [4.69, 9.17) is 0 Å². The van der Waals surface area contributed by atoms with Gasteiger partial charge in [-0.15, -0.1) is 5.10 Å². The number of ketones is 1. The second kappa shape index (κ2) is 7.40. The summed E-state index contributed by atoms with van der Waals surface area (Å²) in [5.74, 6) is -0.130. The fourth-order valence-electron chi connectivity index (χ4n) is 2.23. The number of amides is 1. The van der Waals surface area contributed by atoms with E-state index in [1.807, 2.05) is 24.3 Å². The Balaban J connectivity index is 1.65. The first-order valence-electron chi connectivity index (χ1n) is 7.57. The van der Waals surface area contributed by atoms with Crippen LogP contribution < -0.4 is 5.32 Å². The molecular weight excluding hydrogens is 384 g/mol. The van der Waals surface area contributed by atoms with Crippen LogP contribution in [0.15, 0.2) is 59.3 Å². The van der Waals surface area contributed by atoms with E-state index in [1.54, 1.807) is 35.3 Å². The van der Waals surface area contributed by atoms with Crippen LogP contribution in [-0.2, 0) is 6.54 Å². The van der Waals surface area contributed by atoms with Crippen LogP contribution in [-0.4, -0.2) is 26.5 Å². The van der Waals surface area contributed by atoms with Crippen LogP contribution in [0.1, 0.15) is 33.2 Å². The van der Waals surface area contributed by atoms with Crippen LogP contribution in [0.3, 0.4) is 0 Å². The van der Waals surface area contributed by atoms with E-state index in [9.17, 15) is 9.59 Å². The second-order valence-corrected chi connectivity index (χ2v) is 6.40. The van der Waals surface area contributed by atoms with Crippen molar-refractivity contribution >= 4 is 33.6 Å². The average molecular weight is 399 g/mol. The van der Waals surface area contributed by atoms with Crippen molar-refractivity contribution in [3.05, 3.63) is 76.0 Å². The molecule has 1 heterocycles. The van der Waals surface area contributed by atoms with E-state index >= 15 is 0 Å². The predicted molar refractivity (Wildman–Crippen MR) is 97.7 cm³/mol. The molecule has 7 heteroatoms. The molecule has 0 aliphatic carbocycles. The molecule has 0 bridgehead atoms. The Bertz CT molecular complexity index is 902. The number of aromatic nitrogens is 3. The van der Waals surface area contributed by atoms with Crippen LogP contribution in [0.25, 0.3) is 0 Å². The summed E-state index contributed by atoms with van der Waals surface area (Å²) in [6.45, 7) is 2.04. The van der Waals surface area contributed by atoms with Crippen molar-refractivity contribution in [2.45, 2.75) is 13.5 Å². The summed E-state index contributed by atoms with van der Waals surface area (Å²) >= 11 is 3.40. The summed E-state index contributed by atoms with van der Waals surface area (Å²) in [6, 6.07) is 14.3. The molecule has 6 nitrogen and oxygen atoms in total. The number of nitrogens with one attached hydrogen (secondary N) is 1. The molecule has 126 valence electrons. The molecule has 1 aromatic heterocycles. The van der Waals surface area contributed by atoms with Gasteiger partial charge in [-0.2, -0.15) is 0 Å². The summed E-state index contributed by atoms with van der Waals surface area (Å²) in [6.07, 6.45) is 1.57. The first kappa shape index (κ1) is 17.0. The highest BCUT2D eigenvalue weighted by molar-refractivity contribution is 9.10. The Morgan fingerprint density at radius 3 is 2.32 bits per heavy atom. The molecule has 0 saturated carbocycles. The monoisotopic (exact) mass is 398 g/mol. The highest BCUT2D eigenvalue weighted by Crippen LogP contribution is 2.12. The molecule has 25 heavy (non-hydrogen) atoms. The first-order valence-corrected chi connectivity index (χ1v) is 8.37. The summed E-state index contributed by atoms with van der Waals surface area (Å²) in [4.78, 5) is 27.6. The molecule has 0 spiro atoms. The number of Topliss-reactive ketones (excluding diaryl/α,β-unsaturated/α-hetero) is 1. The predicted octanol–water partition coefficient (Wildman–Crippen LogP) is 3.54. The van der Waals surface area contributed by atoms with E-state index in [1.165, 1.54) is 6.92 Å². The minimum absolute atomic E-state index is 0.0414. The number of hydrogen-bond acceptors (Lipinski definition) is 4. The van der Waals surface area contributed by atoms with E-state index in [-0.39, 0.29) is 17.6 Å². The van der Waals surface area contributed by atoms with Gasteiger partial charge >= 0.3 is 0 Å². The maximum absolute atomic E-state index is 12.2. The quantitative estimate of drug-likeness (QED) is 0.666. The van der Waals surface area contributed by atoms with E-state index < -0.39 is 0 Å². The molecule has 0 atom stereocenters. The van der Waals surface area contributed by atoms with Gasteiger partial charge < -0.3 is 0 Å². The molecule has 3 aromatic rings. The Hall–Kier alpha value is -2.80. The third-order valence-corrected chi connectivity index (χ3v) is 4.10. The lowest BCUT2D eigenvalue weighted by molar-refractivity contribution is 0.100. The number of hydrogen-bond donors (Lipinski definition) is 1. The molecule has 0 radical (unpaired) electrons. The fraction of sp³-hybridized carbons (Fsp3) is 0.111. The number of carbonyl (C=O) groups excluding carboxylic acids is 2. The number of halogens is 1. The van der Waals surface area contributed by atoms with Gasteiger partial charge in [0, 0.05) is 15.6 Å². The Morgan fingerprint density at radius 1 is 1.04 bits per heavy atom. The van der Waals surface area contributed by atoms with Gasteiger partial charge in [-0.25, -0.2) is 9.67 Å². The summed E-state index contributed by atoms with van der Waals surface area (Å²) < 4.78 is 2.66. The molecule has 0 aliphatic rings. The Morgan fingerprint density at radius 2 is 1.68 bits per heavy atom. The van der Waals surface area contributed by atoms with Crippen molar-refractivity contribution in [3.63, 3.8) is 0 Å². The van der Waals surface area contributed by atoms with Crippen LogP contribution in [0.5, 0.6) is 0 Å². The maximum atomic E-state index is 12.2. The fourth-order valence-corrected chi connectivity index (χ4v) is 2.50. The van der Waals surface area contributed by atoms with E-state index in [0.29, 0.717) is 17.7 Å². The van der Waals surface area contributed by atoms with Gasteiger partial charge in [0.25, 0.3) is 5.91 Å². The standard InChI is InChI=1S/C18H15BrN4O2/c1-12(24)14-4-6-15(7-5-14)17(25)21-18-20-11-23(22-18)10-13-2-8-16(19)9-3-13/h2-9,11H,10H2,1H3,(H,21,22,25). The van der Waals surface area contributed by atoms with Crippen molar-refractivity contribution in [2.75, 3.05) is 5.32 Å². The maximum Gasteiger partial charge on any atom is 0.258 e. The Kier molecular flexibility index (Phi) is 5.04. The van der Waals surface area contributed by atoms with Crippen molar-refractivity contribution in [1.29, 1.82) is 0 Å².